The Kier molecular flexibility index (Phi) is 3.95. The number of hydrogen-bond donors (Lipinski definition) is 0. The molecule has 0 unspecified atom stereocenters. The van der Waals surface area contributed by atoms with Gasteiger partial charge in [-0.2, -0.15) is 0 Å². The SMILES string of the molecule is CCCCCCN1CSc2ccccc21. The van der Waals surface area contributed by atoms with Gasteiger partial charge in [0.05, 0.1) is 11.6 Å². The number of fused-ring (bicyclic) bond motifs is 1. The Hall–Kier alpha value is -0.630. The zero-order chi connectivity index (χ0) is 10.5. The van der Waals surface area contributed by atoms with E-state index in [1.54, 1.807) is 0 Å². The molecule has 0 bridgehead atoms. The van der Waals surface area contributed by atoms with Crippen LogP contribution in [0.25, 0.3) is 0 Å². The Bertz CT molecular complexity index is 311. The van der Waals surface area contributed by atoms with Gasteiger partial charge in [0.1, 0.15) is 0 Å². The van der Waals surface area contributed by atoms with Crippen molar-refractivity contribution in [2.45, 2.75) is 37.5 Å². The molecule has 1 aromatic rings. The van der Waals surface area contributed by atoms with Crippen LogP contribution in [-0.4, -0.2) is 12.4 Å². The molecule has 1 aromatic carbocycles. The zero-order valence-electron chi connectivity index (χ0n) is 9.41. The van der Waals surface area contributed by atoms with Gasteiger partial charge in [0, 0.05) is 11.4 Å². The van der Waals surface area contributed by atoms with Crippen molar-refractivity contribution in [2.24, 2.45) is 0 Å². The summed E-state index contributed by atoms with van der Waals surface area (Å²) in [5.41, 5.74) is 1.44. The third-order valence-corrected chi connectivity index (χ3v) is 3.96. The highest BCUT2D eigenvalue weighted by Gasteiger charge is 2.17. The molecule has 82 valence electrons. The summed E-state index contributed by atoms with van der Waals surface area (Å²) >= 11 is 1.97. The Morgan fingerprint density at radius 3 is 2.93 bits per heavy atom. The smallest absolute Gasteiger partial charge is 0.0686 e. The Morgan fingerprint density at radius 2 is 2.07 bits per heavy atom. The summed E-state index contributed by atoms with van der Waals surface area (Å²) in [7, 11) is 0. The van der Waals surface area contributed by atoms with Crippen molar-refractivity contribution in [2.75, 3.05) is 17.3 Å². The first-order valence-electron chi connectivity index (χ1n) is 5.88. The molecular weight excluding hydrogens is 202 g/mol. The number of thioether (sulfide) groups is 1. The second-order valence-electron chi connectivity index (χ2n) is 4.07. The molecule has 0 radical (unpaired) electrons. The van der Waals surface area contributed by atoms with Gasteiger partial charge < -0.3 is 4.90 Å². The average molecular weight is 221 g/mol. The molecule has 2 rings (SSSR count). The Morgan fingerprint density at radius 1 is 1.20 bits per heavy atom. The quantitative estimate of drug-likeness (QED) is 0.688. The largest absolute Gasteiger partial charge is 0.361 e. The van der Waals surface area contributed by atoms with Gasteiger partial charge in [-0.1, -0.05) is 38.3 Å². The summed E-state index contributed by atoms with van der Waals surface area (Å²) in [6.07, 6.45) is 5.41. The van der Waals surface area contributed by atoms with Crippen molar-refractivity contribution in [1.82, 2.24) is 0 Å². The molecule has 0 N–H and O–H groups in total. The monoisotopic (exact) mass is 221 g/mol. The molecule has 1 heterocycles. The highest BCUT2D eigenvalue weighted by atomic mass is 32.2. The van der Waals surface area contributed by atoms with Crippen molar-refractivity contribution in [1.29, 1.82) is 0 Å². The Balaban J connectivity index is 1.85. The second-order valence-corrected chi connectivity index (χ2v) is 5.05. The number of nitrogens with zero attached hydrogens (tertiary/aromatic N) is 1. The van der Waals surface area contributed by atoms with E-state index in [1.807, 2.05) is 11.8 Å². The maximum atomic E-state index is 2.51. The number of hydrogen-bond acceptors (Lipinski definition) is 2. The molecule has 0 atom stereocenters. The van der Waals surface area contributed by atoms with Gasteiger partial charge in [0.2, 0.25) is 0 Å². The van der Waals surface area contributed by atoms with Crippen LogP contribution in [0.5, 0.6) is 0 Å². The number of benzene rings is 1. The fraction of sp³-hybridized carbons (Fsp3) is 0.538. The maximum Gasteiger partial charge on any atom is 0.0686 e. The fourth-order valence-corrected chi connectivity index (χ4v) is 3.05. The summed E-state index contributed by atoms with van der Waals surface area (Å²) in [5, 5.41) is 0. The van der Waals surface area contributed by atoms with Crippen molar-refractivity contribution >= 4 is 17.4 Å². The topological polar surface area (TPSA) is 3.24 Å². The van der Waals surface area contributed by atoms with E-state index in [9.17, 15) is 0 Å². The molecule has 0 fully saturated rings. The normalized spacial score (nSPS) is 14.3. The van der Waals surface area contributed by atoms with Crippen LogP contribution < -0.4 is 4.90 Å². The lowest BCUT2D eigenvalue weighted by Crippen LogP contribution is -2.20. The number of unbranched alkanes of at least 4 members (excludes halogenated alkanes) is 3. The molecule has 0 spiro atoms. The second kappa shape index (κ2) is 5.45. The van der Waals surface area contributed by atoms with Gasteiger partial charge in [-0.05, 0) is 18.6 Å². The van der Waals surface area contributed by atoms with Gasteiger partial charge in [0.25, 0.3) is 0 Å². The predicted octanol–water partition coefficient (Wildman–Crippen LogP) is 4.14. The molecule has 0 aliphatic carbocycles. The van der Waals surface area contributed by atoms with Crippen LogP contribution >= 0.6 is 11.8 Å². The molecule has 0 amide bonds. The van der Waals surface area contributed by atoms with Gasteiger partial charge >= 0.3 is 0 Å². The molecule has 1 aliphatic heterocycles. The molecule has 1 aliphatic rings. The lowest BCUT2D eigenvalue weighted by molar-refractivity contribution is 0.659. The van der Waals surface area contributed by atoms with Gasteiger partial charge in [0.15, 0.2) is 0 Å². The van der Waals surface area contributed by atoms with Gasteiger partial charge in [-0.25, -0.2) is 0 Å². The number of anilines is 1. The van der Waals surface area contributed by atoms with E-state index in [0.717, 1.165) is 5.88 Å². The summed E-state index contributed by atoms with van der Waals surface area (Å²) in [5.74, 6) is 1.14. The summed E-state index contributed by atoms with van der Waals surface area (Å²) in [6.45, 7) is 3.49. The van der Waals surface area contributed by atoms with Crippen LogP contribution in [0.1, 0.15) is 32.6 Å². The van der Waals surface area contributed by atoms with E-state index in [-0.39, 0.29) is 0 Å². The molecule has 0 saturated carbocycles. The van der Waals surface area contributed by atoms with Gasteiger partial charge in [-0.3, -0.25) is 0 Å². The van der Waals surface area contributed by atoms with E-state index in [2.05, 4.69) is 36.1 Å². The third kappa shape index (κ3) is 2.69. The van der Waals surface area contributed by atoms with Crippen LogP contribution in [-0.2, 0) is 0 Å². The number of para-hydroxylation sites is 1. The van der Waals surface area contributed by atoms with E-state index in [0.29, 0.717) is 0 Å². The van der Waals surface area contributed by atoms with Crippen LogP contribution in [0.15, 0.2) is 29.2 Å². The number of rotatable bonds is 5. The molecule has 0 aromatic heterocycles. The fourth-order valence-electron chi connectivity index (χ4n) is 1.97. The molecular formula is C13H19NS. The van der Waals surface area contributed by atoms with E-state index >= 15 is 0 Å². The zero-order valence-corrected chi connectivity index (χ0v) is 10.2. The van der Waals surface area contributed by atoms with Crippen LogP contribution in [0.4, 0.5) is 5.69 Å². The average Bonchev–Trinajstić information content (AvgIpc) is 2.68. The van der Waals surface area contributed by atoms with Crippen molar-refractivity contribution in [3.05, 3.63) is 24.3 Å². The maximum absolute atomic E-state index is 2.51. The van der Waals surface area contributed by atoms with E-state index in [4.69, 9.17) is 0 Å². The highest BCUT2D eigenvalue weighted by Crippen LogP contribution is 2.37. The Labute approximate surface area is 96.9 Å². The summed E-state index contributed by atoms with van der Waals surface area (Å²) in [4.78, 5) is 3.96. The van der Waals surface area contributed by atoms with Crippen LogP contribution in [0, 0.1) is 0 Å². The minimum absolute atomic E-state index is 1.14. The minimum Gasteiger partial charge on any atom is -0.361 e. The van der Waals surface area contributed by atoms with Crippen LogP contribution in [0.3, 0.4) is 0 Å². The minimum atomic E-state index is 1.14. The summed E-state index contributed by atoms with van der Waals surface area (Å²) < 4.78 is 0. The molecule has 0 saturated heterocycles. The van der Waals surface area contributed by atoms with Crippen molar-refractivity contribution in [3.63, 3.8) is 0 Å². The third-order valence-electron chi connectivity index (χ3n) is 2.86. The van der Waals surface area contributed by atoms with E-state index < -0.39 is 0 Å². The van der Waals surface area contributed by atoms with E-state index in [1.165, 1.54) is 42.8 Å². The lowest BCUT2D eigenvalue weighted by Gasteiger charge is -2.17. The first-order valence-corrected chi connectivity index (χ1v) is 6.87. The summed E-state index contributed by atoms with van der Waals surface area (Å²) in [6, 6.07) is 8.75. The standard InChI is InChI=1S/C13H19NS/c1-2-3-4-7-10-14-11-15-13-9-6-5-8-12(13)14/h5-6,8-9H,2-4,7,10-11H2,1H3. The van der Waals surface area contributed by atoms with Gasteiger partial charge in [-0.15, -0.1) is 11.8 Å². The molecule has 15 heavy (non-hydrogen) atoms. The van der Waals surface area contributed by atoms with Crippen molar-refractivity contribution in [3.8, 4) is 0 Å². The lowest BCUT2D eigenvalue weighted by atomic mass is 10.2. The molecule has 1 nitrogen and oxygen atoms in total. The first kappa shape index (κ1) is 10.9. The van der Waals surface area contributed by atoms with Crippen LogP contribution in [0.2, 0.25) is 0 Å². The predicted molar refractivity (Wildman–Crippen MR) is 68.7 cm³/mol. The first-order chi connectivity index (χ1) is 7.42. The highest BCUT2D eigenvalue weighted by molar-refractivity contribution is 7.99. The molecule has 2 heteroatoms. The van der Waals surface area contributed by atoms with Crippen molar-refractivity contribution < 1.29 is 0 Å².